The van der Waals surface area contributed by atoms with Crippen LogP contribution >= 0.6 is 0 Å². The van der Waals surface area contributed by atoms with Crippen LogP contribution in [-0.2, 0) is 4.74 Å². The summed E-state index contributed by atoms with van der Waals surface area (Å²) in [6.07, 6.45) is 8.94. The molecule has 0 amide bonds. The zero-order valence-corrected chi connectivity index (χ0v) is 7.75. The number of rotatable bonds is 4. The van der Waals surface area contributed by atoms with Crippen LogP contribution in [0.25, 0.3) is 0 Å². The van der Waals surface area contributed by atoms with E-state index in [1.54, 1.807) is 7.11 Å². The molecule has 2 heteroatoms. The molecule has 0 heterocycles. The topological polar surface area (TPSA) is 29.5 Å². The molecule has 0 fully saturated rings. The Morgan fingerprint density at radius 3 is 3.00 bits per heavy atom. The van der Waals surface area contributed by atoms with Gasteiger partial charge in [-0.1, -0.05) is 12.2 Å². The lowest BCUT2D eigenvalue weighted by molar-refractivity contribution is 0.0544. The first-order valence-corrected chi connectivity index (χ1v) is 4.66. The maximum Gasteiger partial charge on any atom is 0.0828 e. The highest BCUT2D eigenvalue weighted by molar-refractivity contribution is 5.04. The van der Waals surface area contributed by atoms with E-state index in [1.807, 2.05) is 6.08 Å². The molecule has 0 radical (unpaired) electrons. The maximum absolute atomic E-state index is 9.96. The van der Waals surface area contributed by atoms with E-state index >= 15 is 0 Å². The van der Waals surface area contributed by atoms with Crippen molar-refractivity contribution in [2.45, 2.75) is 37.7 Å². The Kier molecular flexibility index (Phi) is 3.76. The molecule has 0 aliphatic heterocycles. The highest BCUT2D eigenvalue weighted by Crippen LogP contribution is 2.26. The molecule has 1 rings (SSSR count). The first-order chi connectivity index (χ1) is 5.77. The molecule has 0 saturated heterocycles. The third-order valence-corrected chi connectivity index (χ3v) is 2.37. The molecule has 1 atom stereocenters. The van der Waals surface area contributed by atoms with Crippen molar-refractivity contribution < 1.29 is 9.84 Å². The van der Waals surface area contributed by atoms with Crippen LogP contribution < -0.4 is 0 Å². The molecular formula is C10H18O2. The van der Waals surface area contributed by atoms with E-state index in [0.717, 1.165) is 38.7 Å². The normalized spacial score (nSPS) is 29.2. The molecular weight excluding hydrogens is 152 g/mol. The molecule has 1 aliphatic carbocycles. The van der Waals surface area contributed by atoms with Crippen LogP contribution in [0.2, 0.25) is 0 Å². The fourth-order valence-corrected chi connectivity index (χ4v) is 1.64. The van der Waals surface area contributed by atoms with E-state index in [4.69, 9.17) is 4.74 Å². The zero-order valence-electron chi connectivity index (χ0n) is 7.75. The largest absolute Gasteiger partial charge is 0.386 e. The van der Waals surface area contributed by atoms with Crippen molar-refractivity contribution in [3.63, 3.8) is 0 Å². The average molecular weight is 170 g/mol. The Hall–Kier alpha value is -0.340. The minimum Gasteiger partial charge on any atom is -0.386 e. The van der Waals surface area contributed by atoms with Gasteiger partial charge in [0, 0.05) is 13.7 Å². The first kappa shape index (κ1) is 9.75. The molecule has 0 aromatic rings. The summed E-state index contributed by atoms with van der Waals surface area (Å²) in [5.74, 6) is 0. The van der Waals surface area contributed by atoms with Gasteiger partial charge in [-0.15, -0.1) is 0 Å². The molecule has 70 valence electrons. The van der Waals surface area contributed by atoms with Crippen molar-refractivity contribution in [2.24, 2.45) is 0 Å². The first-order valence-electron chi connectivity index (χ1n) is 4.66. The number of ether oxygens (including phenoxy) is 1. The van der Waals surface area contributed by atoms with Crippen LogP contribution in [0.4, 0.5) is 0 Å². The number of hydrogen-bond acceptors (Lipinski definition) is 2. The fraction of sp³-hybridized carbons (Fsp3) is 0.800. The van der Waals surface area contributed by atoms with Crippen LogP contribution in [0.5, 0.6) is 0 Å². The van der Waals surface area contributed by atoms with Crippen LogP contribution in [0.1, 0.15) is 32.1 Å². The predicted octanol–water partition coefficient (Wildman–Crippen LogP) is 1.88. The van der Waals surface area contributed by atoms with Crippen molar-refractivity contribution in [2.75, 3.05) is 13.7 Å². The quantitative estimate of drug-likeness (QED) is 0.515. The third-order valence-electron chi connectivity index (χ3n) is 2.37. The van der Waals surface area contributed by atoms with Gasteiger partial charge in [0.1, 0.15) is 0 Å². The molecule has 1 N–H and O–H groups in total. The Balaban J connectivity index is 2.27. The summed E-state index contributed by atoms with van der Waals surface area (Å²) in [4.78, 5) is 0. The lowest BCUT2D eigenvalue weighted by atomic mass is 9.87. The van der Waals surface area contributed by atoms with Gasteiger partial charge in [-0.05, 0) is 32.1 Å². The van der Waals surface area contributed by atoms with Crippen molar-refractivity contribution in [1.82, 2.24) is 0 Å². The van der Waals surface area contributed by atoms with Crippen LogP contribution in [-0.4, -0.2) is 24.4 Å². The minimum absolute atomic E-state index is 0.531. The molecule has 2 nitrogen and oxygen atoms in total. The van der Waals surface area contributed by atoms with Gasteiger partial charge in [0.15, 0.2) is 0 Å². The van der Waals surface area contributed by atoms with E-state index in [1.165, 1.54) is 0 Å². The number of hydrogen-bond donors (Lipinski definition) is 1. The second-order valence-electron chi connectivity index (χ2n) is 3.49. The fourth-order valence-electron chi connectivity index (χ4n) is 1.64. The van der Waals surface area contributed by atoms with Crippen molar-refractivity contribution >= 4 is 0 Å². The van der Waals surface area contributed by atoms with Crippen LogP contribution in [0.3, 0.4) is 0 Å². The Morgan fingerprint density at radius 2 is 2.42 bits per heavy atom. The molecule has 1 aliphatic rings. The Labute approximate surface area is 74.2 Å². The van der Waals surface area contributed by atoms with Crippen LogP contribution in [0.15, 0.2) is 12.2 Å². The summed E-state index contributed by atoms with van der Waals surface area (Å²) in [7, 11) is 1.70. The summed E-state index contributed by atoms with van der Waals surface area (Å²) in [6.45, 7) is 0.746. The molecule has 0 aromatic heterocycles. The van der Waals surface area contributed by atoms with E-state index in [-0.39, 0.29) is 0 Å². The molecule has 12 heavy (non-hydrogen) atoms. The van der Waals surface area contributed by atoms with Gasteiger partial charge in [0.2, 0.25) is 0 Å². The summed E-state index contributed by atoms with van der Waals surface area (Å²) in [5, 5.41) is 9.96. The van der Waals surface area contributed by atoms with Gasteiger partial charge >= 0.3 is 0 Å². The number of allylic oxidation sites excluding steroid dienone is 1. The van der Waals surface area contributed by atoms with Gasteiger partial charge < -0.3 is 9.84 Å². The lowest BCUT2D eigenvalue weighted by Gasteiger charge is -2.27. The highest BCUT2D eigenvalue weighted by Gasteiger charge is 2.23. The smallest absolute Gasteiger partial charge is 0.0828 e. The number of aliphatic hydroxyl groups is 1. The van der Waals surface area contributed by atoms with Gasteiger partial charge in [-0.25, -0.2) is 0 Å². The highest BCUT2D eigenvalue weighted by atomic mass is 16.5. The van der Waals surface area contributed by atoms with Gasteiger partial charge in [0.05, 0.1) is 5.60 Å². The summed E-state index contributed by atoms with van der Waals surface area (Å²) in [6, 6.07) is 0. The summed E-state index contributed by atoms with van der Waals surface area (Å²) in [5.41, 5.74) is -0.531. The van der Waals surface area contributed by atoms with Crippen molar-refractivity contribution in [3.05, 3.63) is 12.2 Å². The zero-order chi connectivity index (χ0) is 8.86. The second kappa shape index (κ2) is 4.63. The Bertz CT molecular complexity index is 154. The Morgan fingerprint density at radius 1 is 1.58 bits per heavy atom. The average Bonchev–Trinajstić information content (AvgIpc) is 2.06. The van der Waals surface area contributed by atoms with Gasteiger partial charge in [-0.3, -0.25) is 0 Å². The number of methoxy groups -OCH3 is 1. The van der Waals surface area contributed by atoms with E-state index in [2.05, 4.69) is 6.08 Å². The molecule has 0 aromatic carbocycles. The molecule has 1 unspecified atom stereocenters. The van der Waals surface area contributed by atoms with E-state index in [0.29, 0.717) is 0 Å². The molecule has 0 spiro atoms. The lowest BCUT2D eigenvalue weighted by Crippen LogP contribution is -2.27. The second-order valence-corrected chi connectivity index (χ2v) is 3.49. The maximum atomic E-state index is 9.96. The SMILES string of the molecule is COCCCC1(O)C=CCCC1. The minimum atomic E-state index is -0.531. The van der Waals surface area contributed by atoms with Crippen molar-refractivity contribution in [1.29, 1.82) is 0 Å². The predicted molar refractivity (Wildman–Crippen MR) is 49.1 cm³/mol. The summed E-state index contributed by atoms with van der Waals surface area (Å²) < 4.78 is 4.94. The third kappa shape index (κ3) is 2.95. The van der Waals surface area contributed by atoms with Crippen molar-refractivity contribution in [3.8, 4) is 0 Å². The van der Waals surface area contributed by atoms with Gasteiger partial charge in [-0.2, -0.15) is 0 Å². The monoisotopic (exact) mass is 170 g/mol. The van der Waals surface area contributed by atoms with E-state index < -0.39 is 5.60 Å². The van der Waals surface area contributed by atoms with Crippen LogP contribution in [0, 0.1) is 0 Å². The summed E-state index contributed by atoms with van der Waals surface area (Å²) >= 11 is 0. The standard InChI is InChI=1S/C10H18O2/c1-12-9-5-8-10(11)6-3-2-4-7-10/h3,6,11H,2,4-5,7-9H2,1H3. The van der Waals surface area contributed by atoms with E-state index in [9.17, 15) is 5.11 Å². The molecule has 0 bridgehead atoms. The molecule has 0 saturated carbocycles. The van der Waals surface area contributed by atoms with Gasteiger partial charge in [0.25, 0.3) is 0 Å².